The second-order valence-corrected chi connectivity index (χ2v) is 17.2. The van der Waals surface area contributed by atoms with Gasteiger partial charge in [0.05, 0.1) is 0 Å². The summed E-state index contributed by atoms with van der Waals surface area (Å²) in [5, 5.41) is 0. The number of nitrogen functional groups attached to an aromatic ring is 2. The maximum atomic E-state index is 6.11. The largest absolute Gasteiger partial charge is 0.399 e. The molecule has 4 aromatic carbocycles. The van der Waals surface area contributed by atoms with E-state index in [4.69, 9.17) is 11.5 Å². The molecule has 4 N–H and O–H groups in total. The lowest BCUT2D eigenvalue weighted by atomic mass is 9.83. The summed E-state index contributed by atoms with van der Waals surface area (Å²) in [5.41, 5.74) is 22.5. The van der Waals surface area contributed by atoms with E-state index in [1.165, 1.54) is 175 Å². The molecule has 4 rings (SSSR count). The van der Waals surface area contributed by atoms with E-state index in [9.17, 15) is 0 Å². The van der Waals surface area contributed by atoms with Crippen LogP contribution in [0.15, 0.2) is 97.1 Å². The lowest BCUT2D eigenvalue weighted by Crippen LogP contribution is -2.10. The van der Waals surface area contributed by atoms with Gasteiger partial charge in [0.25, 0.3) is 0 Å². The zero-order valence-corrected chi connectivity index (χ0v) is 36.1. The highest BCUT2D eigenvalue weighted by Gasteiger charge is 2.18. The van der Waals surface area contributed by atoms with Gasteiger partial charge in [0, 0.05) is 23.2 Å². The highest BCUT2D eigenvalue weighted by Crippen LogP contribution is 2.34. The maximum Gasteiger partial charge on any atom is 0.0314 e. The number of benzene rings is 4. The standard InChI is InChI=1S/C54H80N2/c1-4-7-10-12-14-16-18-21-24-53(49-34-38-51(55)39-35-49)47-30-26-44(27-31-47)42-46(23-20-9-6-3)43-45-28-32-48(33-29-45)54(50-36-40-52(56)41-37-50)25-22-19-17-15-13-11-8-5-2/h26-41,46,53-54H,4-25,42-43,55-56H2,1-3H3. The molecule has 2 atom stereocenters. The van der Waals surface area contributed by atoms with E-state index >= 15 is 0 Å². The van der Waals surface area contributed by atoms with Crippen molar-refractivity contribution in [1.29, 1.82) is 0 Å². The van der Waals surface area contributed by atoms with E-state index < -0.39 is 0 Å². The molecule has 4 aromatic rings. The summed E-state index contributed by atoms with van der Waals surface area (Å²) >= 11 is 0. The first-order valence-electron chi connectivity index (χ1n) is 23.4. The molecule has 0 spiro atoms. The summed E-state index contributed by atoms with van der Waals surface area (Å²) in [7, 11) is 0. The first-order valence-corrected chi connectivity index (χ1v) is 23.4. The van der Waals surface area contributed by atoms with E-state index in [1.54, 1.807) is 0 Å². The Bertz CT molecular complexity index is 1420. The number of hydrogen-bond donors (Lipinski definition) is 2. The monoisotopic (exact) mass is 757 g/mol. The SMILES string of the molecule is CCCCCCCCCCC(c1ccc(N)cc1)c1ccc(CC(CCCCC)Cc2ccc(C(CCCCCCCCCC)c3ccc(N)cc3)cc2)cc1. The molecule has 0 fully saturated rings. The van der Waals surface area contributed by atoms with Crippen molar-refractivity contribution in [1.82, 2.24) is 0 Å². The number of unbranched alkanes of at least 4 members (excludes halogenated alkanes) is 16. The van der Waals surface area contributed by atoms with Crippen LogP contribution in [0.3, 0.4) is 0 Å². The van der Waals surface area contributed by atoms with Crippen molar-refractivity contribution in [3.05, 3.63) is 130 Å². The fraction of sp³-hybridized carbons (Fsp3) is 0.556. The smallest absolute Gasteiger partial charge is 0.0314 e. The molecule has 0 aliphatic rings. The van der Waals surface area contributed by atoms with Gasteiger partial charge in [-0.3, -0.25) is 0 Å². The first kappa shape index (κ1) is 45.2. The van der Waals surface area contributed by atoms with Crippen LogP contribution >= 0.6 is 0 Å². The molecule has 0 bridgehead atoms. The molecule has 0 amide bonds. The van der Waals surface area contributed by atoms with Crippen LogP contribution in [-0.2, 0) is 12.8 Å². The van der Waals surface area contributed by atoms with Gasteiger partial charge in [-0.05, 0) is 95.7 Å². The Hall–Kier alpha value is -3.52. The van der Waals surface area contributed by atoms with Gasteiger partial charge in [-0.1, -0.05) is 216 Å². The van der Waals surface area contributed by atoms with Gasteiger partial charge in [0.2, 0.25) is 0 Å². The molecular formula is C54H80N2. The molecule has 56 heavy (non-hydrogen) atoms. The second-order valence-electron chi connectivity index (χ2n) is 17.2. The average Bonchev–Trinajstić information content (AvgIpc) is 3.21. The summed E-state index contributed by atoms with van der Waals surface area (Å²) in [5.74, 6) is 1.50. The van der Waals surface area contributed by atoms with Crippen LogP contribution in [0.1, 0.15) is 207 Å². The third kappa shape index (κ3) is 16.9. The molecule has 0 saturated carbocycles. The van der Waals surface area contributed by atoms with Crippen LogP contribution < -0.4 is 11.5 Å². The van der Waals surface area contributed by atoms with Crippen molar-refractivity contribution in [2.24, 2.45) is 5.92 Å². The van der Waals surface area contributed by atoms with Crippen molar-refractivity contribution < 1.29 is 0 Å². The summed E-state index contributed by atoms with van der Waals surface area (Å²) < 4.78 is 0. The Morgan fingerprint density at radius 2 is 0.589 bits per heavy atom. The highest BCUT2D eigenvalue weighted by molar-refractivity contribution is 5.44. The minimum atomic E-state index is 0.427. The van der Waals surface area contributed by atoms with Crippen LogP contribution in [0.2, 0.25) is 0 Å². The molecule has 0 radical (unpaired) electrons. The molecule has 0 heterocycles. The van der Waals surface area contributed by atoms with Crippen LogP contribution in [0, 0.1) is 5.92 Å². The molecule has 2 unspecified atom stereocenters. The molecule has 0 aromatic heterocycles. The van der Waals surface area contributed by atoms with Gasteiger partial charge in [0.15, 0.2) is 0 Å². The topological polar surface area (TPSA) is 52.0 Å². The normalized spacial score (nSPS) is 13.1. The zero-order chi connectivity index (χ0) is 39.6. The van der Waals surface area contributed by atoms with Gasteiger partial charge in [-0.2, -0.15) is 0 Å². The van der Waals surface area contributed by atoms with E-state index in [-0.39, 0.29) is 0 Å². The Kier molecular flexibility index (Phi) is 21.9. The molecule has 2 nitrogen and oxygen atoms in total. The van der Waals surface area contributed by atoms with Gasteiger partial charge in [0.1, 0.15) is 0 Å². The van der Waals surface area contributed by atoms with Crippen LogP contribution in [-0.4, -0.2) is 0 Å². The Morgan fingerprint density at radius 1 is 0.321 bits per heavy atom. The van der Waals surface area contributed by atoms with Crippen molar-refractivity contribution in [3.63, 3.8) is 0 Å². The lowest BCUT2D eigenvalue weighted by Gasteiger charge is -2.21. The zero-order valence-electron chi connectivity index (χ0n) is 36.1. The minimum absolute atomic E-state index is 0.427. The van der Waals surface area contributed by atoms with E-state index in [2.05, 4.69) is 118 Å². The van der Waals surface area contributed by atoms with Gasteiger partial charge < -0.3 is 11.5 Å². The number of nitrogens with two attached hydrogens (primary N) is 2. The fourth-order valence-electron chi connectivity index (χ4n) is 8.87. The molecule has 306 valence electrons. The molecule has 2 heteroatoms. The third-order valence-corrected chi connectivity index (χ3v) is 12.4. The van der Waals surface area contributed by atoms with Crippen LogP contribution in [0.5, 0.6) is 0 Å². The Balaban J connectivity index is 1.39. The summed E-state index contributed by atoms with van der Waals surface area (Å²) in [6, 6.07) is 36.8. The van der Waals surface area contributed by atoms with Crippen LogP contribution in [0.4, 0.5) is 11.4 Å². The second kappa shape index (κ2) is 27.2. The van der Waals surface area contributed by atoms with E-state index in [0.717, 1.165) is 24.2 Å². The summed E-state index contributed by atoms with van der Waals surface area (Å²) in [4.78, 5) is 0. The Labute approximate surface area is 344 Å². The maximum absolute atomic E-state index is 6.11. The van der Waals surface area contributed by atoms with Crippen molar-refractivity contribution >= 4 is 11.4 Å². The minimum Gasteiger partial charge on any atom is -0.399 e. The average molecular weight is 757 g/mol. The van der Waals surface area contributed by atoms with Gasteiger partial charge in [-0.15, -0.1) is 0 Å². The fourth-order valence-corrected chi connectivity index (χ4v) is 8.87. The Morgan fingerprint density at radius 3 is 0.929 bits per heavy atom. The van der Waals surface area contributed by atoms with Crippen molar-refractivity contribution in [2.45, 2.75) is 187 Å². The van der Waals surface area contributed by atoms with E-state index in [1.807, 2.05) is 0 Å². The molecule has 0 aliphatic carbocycles. The quantitative estimate of drug-likeness (QED) is 0.0411. The summed E-state index contributed by atoms with van der Waals surface area (Å²) in [6.07, 6.45) is 31.6. The van der Waals surface area contributed by atoms with Gasteiger partial charge in [-0.25, -0.2) is 0 Å². The predicted molar refractivity (Wildman–Crippen MR) is 248 cm³/mol. The van der Waals surface area contributed by atoms with Crippen LogP contribution in [0.25, 0.3) is 0 Å². The summed E-state index contributed by atoms with van der Waals surface area (Å²) in [6.45, 7) is 6.92. The number of hydrogen-bond acceptors (Lipinski definition) is 2. The third-order valence-electron chi connectivity index (χ3n) is 12.4. The first-order chi connectivity index (χ1) is 27.5. The van der Waals surface area contributed by atoms with Gasteiger partial charge >= 0.3 is 0 Å². The highest BCUT2D eigenvalue weighted by atomic mass is 14.5. The molecule has 0 saturated heterocycles. The number of anilines is 2. The number of rotatable bonds is 30. The molecular weight excluding hydrogens is 677 g/mol. The van der Waals surface area contributed by atoms with Crippen molar-refractivity contribution in [2.75, 3.05) is 11.5 Å². The molecule has 0 aliphatic heterocycles. The predicted octanol–water partition coefficient (Wildman–Crippen LogP) is 16.2. The van der Waals surface area contributed by atoms with Crippen molar-refractivity contribution in [3.8, 4) is 0 Å². The van der Waals surface area contributed by atoms with E-state index in [0.29, 0.717) is 17.8 Å². The lowest BCUT2D eigenvalue weighted by molar-refractivity contribution is 0.452.